The minimum absolute atomic E-state index is 0.172. The molecule has 6 atom stereocenters. The summed E-state index contributed by atoms with van der Waals surface area (Å²) in [7, 11) is 0. The van der Waals surface area contributed by atoms with Crippen molar-refractivity contribution in [1.29, 1.82) is 0 Å². The first-order valence-electron chi connectivity index (χ1n) is 9.39. The van der Waals surface area contributed by atoms with Crippen LogP contribution in [0.5, 0.6) is 17.2 Å². The summed E-state index contributed by atoms with van der Waals surface area (Å²) in [6, 6.07) is 1.74. The third-order valence-corrected chi connectivity index (χ3v) is 6.53. The summed E-state index contributed by atoms with van der Waals surface area (Å²) in [5.41, 5.74) is 1.95. The molecular weight excluding hydrogens is 320 g/mol. The lowest BCUT2D eigenvalue weighted by Crippen LogP contribution is -2.45. The smallest absolute Gasteiger partial charge is 0.211 e. The van der Waals surface area contributed by atoms with Crippen LogP contribution in [0, 0.1) is 11.8 Å². The number of hydrogen-bond acceptors (Lipinski definition) is 5. The quantitative estimate of drug-likeness (QED) is 0.779. The second-order valence-corrected chi connectivity index (χ2v) is 8.55. The second-order valence-electron chi connectivity index (χ2n) is 8.55. The molecule has 1 N–H and O–H groups in total. The Morgan fingerprint density at radius 3 is 2.12 bits per heavy atom. The minimum Gasteiger partial charge on any atom is -0.507 e. The number of phenolic OH excluding ortho intramolecular Hbond substituents is 1. The van der Waals surface area contributed by atoms with E-state index in [1.807, 2.05) is 13.8 Å². The predicted molar refractivity (Wildman–Crippen MR) is 90.9 cm³/mol. The zero-order valence-corrected chi connectivity index (χ0v) is 15.3. The first kappa shape index (κ1) is 15.8. The van der Waals surface area contributed by atoms with Crippen molar-refractivity contribution in [2.75, 3.05) is 0 Å². The lowest BCUT2D eigenvalue weighted by molar-refractivity contribution is -0.188. The molecule has 25 heavy (non-hydrogen) atoms. The van der Waals surface area contributed by atoms with Gasteiger partial charge in [-0.25, -0.2) is 0 Å². The molecule has 4 aliphatic rings. The molecule has 1 aromatic rings. The van der Waals surface area contributed by atoms with Crippen LogP contribution in [0.2, 0.25) is 0 Å². The number of aromatic hydroxyl groups is 1. The molecule has 2 fully saturated rings. The van der Waals surface area contributed by atoms with E-state index >= 15 is 0 Å². The molecule has 4 aliphatic heterocycles. The Balaban J connectivity index is 1.59. The van der Waals surface area contributed by atoms with Crippen molar-refractivity contribution in [3.63, 3.8) is 0 Å². The summed E-state index contributed by atoms with van der Waals surface area (Å²) in [5, 5.41) is 10.6. The summed E-state index contributed by atoms with van der Waals surface area (Å²) < 4.78 is 24.7. The van der Waals surface area contributed by atoms with Crippen molar-refractivity contribution in [3.05, 3.63) is 17.2 Å². The Bertz CT molecular complexity index is 746. The molecule has 0 saturated carbocycles. The summed E-state index contributed by atoms with van der Waals surface area (Å²) >= 11 is 0. The van der Waals surface area contributed by atoms with Gasteiger partial charge in [0.2, 0.25) is 11.6 Å². The van der Waals surface area contributed by atoms with E-state index in [0.29, 0.717) is 11.7 Å². The molecule has 1 aromatic carbocycles. The Morgan fingerprint density at radius 2 is 1.48 bits per heavy atom. The van der Waals surface area contributed by atoms with E-state index in [9.17, 15) is 5.11 Å². The average molecular weight is 346 g/mol. The van der Waals surface area contributed by atoms with E-state index in [-0.39, 0.29) is 23.9 Å². The predicted octanol–water partition coefficient (Wildman–Crippen LogP) is 3.54. The first-order valence-corrected chi connectivity index (χ1v) is 9.39. The van der Waals surface area contributed by atoms with Crippen molar-refractivity contribution < 1.29 is 24.1 Å². The van der Waals surface area contributed by atoms with Crippen molar-refractivity contribution in [1.82, 2.24) is 0 Å². The molecule has 0 bridgehead atoms. The number of rotatable bonds is 0. The maximum absolute atomic E-state index is 10.6. The van der Waals surface area contributed by atoms with Gasteiger partial charge in [0, 0.05) is 42.9 Å². The Hall–Kier alpha value is -1.46. The van der Waals surface area contributed by atoms with Gasteiger partial charge in [0.05, 0.1) is 12.2 Å². The van der Waals surface area contributed by atoms with Gasteiger partial charge in [0.25, 0.3) is 0 Å². The third kappa shape index (κ3) is 2.15. The molecule has 0 aromatic heterocycles. The SMILES string of the molecule is CC1CC2Cc3c(cc(O)c4c3OC3(C)OC(C)CC3C4)OC2(C)O1. The number of benzene rings is 1. The largest absolute Gasteiger partial charge is 0.507 e. The van der Waals surface area contributed by atoms with E-state index in [2.05, 4.69) is 13.8 Å². The molecule has 0 aliphatic carbocycles. The maximum atomic E-state index is 10.6. The Labute approximate surface area is 148 Å². The summed E-state index contributed by atoms with van der Waals surface area (Å²) in [5.74, 6) is 1.02. The fraction of sp³-hybridized carbons (Fsp3) is 0.700. The molecule has 0 radical (unpaired) electrons. The fourth-order valence-electron chi connectivity index (χ4n) is 5.30. The highest BCUT2D eigenvalue weighted by Gasteiger charge is 2.53. The van der Waals surface area contributed by atoms with Crippen LogP contribution in [0.4, 0.5) is 0 Å². The van der Waals surface area contributed by atoms with E-state index in [1.165, 1.54) is 0 Å². The van der Waals surface area contributed by atoms with E-state index in [4.69, 9.17) is 18.9 Å². The minimum atomic E-state index is -0.618. The molecule has 5 rings (SSSR count). The molecule has 136 valence electrons. The molecule has 0 amide bonds. The lowest BCUT2D eigenvalue weighted by Gasteiger charge is -2.42. The number of hydrogen-bond donors (Lipinski definition) is 1. The highest BCUT2D eigenvalue weighted by molar-refractivity contribution is 5.59. The van der Waals surface area contributed by atoms with E-state index in [0.717, 1.165) is 42.6 Å². The van der Waals surface area contributed by atoms with Crippen molar-refractivity contribution in [3.8, 4) is 17.2 Å². The van der Waals surface area contributed by atoms with Crippen LogP contribution in [0.25, 0.3) is 0 Å². The Kier molecular flexibility index (Phi) is 3.05. The molecule has 2 saturated heterocycles. The fourth-order valence-corrected chi connectivity index (χ4v) is 5.30. The highest BCUT2D eigenvalue weighted by atomic mass is 16.7. The van der Waals surface area contributed by atoms with E-state index in [1.54, 1.807) is 6.07 Å². The zero-order chi connectivity index (χ0) is 17.6. The summed E-state index contributed by atoms with van der Waals surface area (Å²) in [6.07, 6.45) is 3.90. The molecule has 5 nitrogen and oxygen atoms in total. The van der Waals surface area contributed by atoms with Crippen LogP contribution in [-0.2, 0) is 22.3 Å². The van der Waals surface area contributed by atoms with Gasteiger partial charge >= 0.3 is 0 Å². The van der Waals surface area contributed by atoms with Crippen LogP contribution >= 0.6 is 0 Å². The van der Waals surface area contributed by atoms with Gasteiger partial charge in [0.15, 0.2) is 0 Å². The van der Waals surface area contributed by atoms with Crippen LogP contribution in [0.15, 0.2) is 6.07 Å². The lowest BCUT2D eigenvalue weighted by atomic mass is 9.82. The van der Waals surface area contributed by atoms with Gasteiger partial charge in [-0.15, -0.1) is 0 Å². The van der Waals surface area contributed by atoms with Gasteiger partial charge in [0.1, 0.15) is 17.2 Å². The summed E-state index contributed by atoms with van der Waals surface area (Å²) in [4.78, 5) is 0. The number of phenols is 1. The number of fused-ring (bicyclic) bond motifs is 5. The zero-order valence-electron chi connectivity index (χ0n) is 15.3. The van der Waals surface area contributed by atoms with Gasteiger partial charge in [-0.05, 0) is 39.5 Å². The summed E-state index contributed by atoms with van der Waals surface area (Å²) in [6.45, 7) is 8.19. The van der Waals surface area contributed by atoms with Gasteiger partial charge in [-0.3, -0.25) is 0 Å². The first-order chi connectivity index (χ1) is 11.8. The highest BCUT2D eigenvalue weighted by Crippen LogP contribution is 2.55. The molecule has 5 heteroatoms. The van der Waals surface area contributed by atoms with Crippen molar-refractivity contribution in [2.45, 2.75) is 77.2 Å². The standard InChI is InChI=1S/C20H26O5/c1-10-6-13-8-15-17(24-19(13,3)22-10)9-16(21)14-7-12-5-11(2)23-20(12,4)25-18(14)15/h9-13,21H,5-8H2,1-4H3. The van der Waals surface area contributed by atoms with Crippen LogP contribution < -0.4 is 9.47 Å². The van der Waals surface area contributed by atoms with E-state index < -0.39 is 11.6 Å². The molecule has 4 heterocycles. The molecular formula is C20H26O5. The monoisotopic (exact) mass is 346 g/mol. The third-order valence-electron chi connectivity index (χ3n) is 6.53. The van der Waals surface area contributed by atoms with Gasteiger partial charge in [-0.1, -0.05) is 0 Å². The van der Waals surface area contributed by atoms with Gasteiger partial charge in [-0.2, -0.15) is 0 Å². The molecule has 0 spiro atoms. The topological polar surface area (TPSA) is 57.2 Å². The number of ether oxygens (including phenoxy) is 4. The maximum Gasteiger partial charge on any atom is 0.211 e. The van der Waals surface area contributed by atoms with Crippen molar-refractivity contribution >= 4 is 0 Å². The average Bonchev–Trinajstić information content (AvgIpc) is 2.96. The molecule has 6 unspecified atom stereocenters. The second kappa shape index (κ2) is 4.83. The van der Waals surface area contributed by atoms with Gasteiger partial charge < -0.3 is 24.1 Å². The van der Waals surface area contributed by atoms with Crippen molar-refractivity contribution in [2.24, 2.45) is 11.8 Å². The normalized spacial score (nSPS) is 44.2. The Morgan fingerprint density at radius 1 is 0.920 bits per heavy atom. The van der Waals surface area contributed by atoms with Crippen LogP contribution in [-0.4, -0.2) is 28.9 Å². The van der Waals surface area contributed by atoms with Crippen LogP contribution in [0.3, 0.4) is 0 Å². The van der Waals surface area contributed by atoms with Crippen LogP contribution in [0.1, 0.15) is 51.7 Å².